The zero-order valence-corrected chi connectivity index (χ0v) is 8.28. The number of halogens is 2. The lowest BCUT2D eigenvalue weighted by atomic mass is 10.1. The maximum atomic E-state index is 13.4. The smallest absolute Gasteiger partial charge is 0.130 e. The van der Waals surface area contributed by atoms with Crippen LogP contribution >= 0.6 is 11.6 Å². The molecule has 1 N–H and O–H groups in total. The van der Waals surface area contributed by atoms with Gasteiger partial charge in [0.15, 0.2) is 0 Å². The molecule has 0 saturated carbocycles. The predicted octanol–water partition coefficient (Wildman–Crippen LogP) is 2.44. The third-order valence-electron chi connectivity index (χ3n) is 1.70. The van der Waals surface area contributed by atoms with E-state index in [4.69, 9.17) is 11.6 Å². The van der Waals surface area contributed by atoms with Gasteiger partial charge < -0.3 is 4.84 Å². The molecule has 0 heterocycles. The Hall–Kier alpha value is -0.640. The second kappa shape index (κ2) is 4.56. The average molecular weight is 204 g/mol. The van der Waals surface area contributed by atoms with Gasteiger partial charge in [0.1, 0.15) is 5.82 Å². The van der Waals surface area contributed by atoms with Gasteiger partial charge in [-0.1, -0.05) is 11.6 Å². The fourth-order valence-electron chi connectivity index (χ4n) is 1.07. The van der Waals surface area contributed by atoms with E-state index >= 15 is 0 Å². The molecular weight excluding hydrogens is 193 g/mol. The molecule has 0 aliphatic carbocycles. The first-order valence-electron chi connectivity index (χ1n) is 3.85. The van der Waals surface area contributed by atoms with Crippen LogP contribution in [-0.2, 0) is 11.4 Å². The molecule has 1 aromatic rings. The summed E-state index contributed by atoms with van der Waals surface area (Å²) in [6, 6.07) is 3.17. The van der Waals surface area contributed by atoms with Crippen molar-refractivity contribution < 1.29 is 9.23 Å². The lowest BCUT2D eigenvalue weighted by Gasteiger charge is -2.06. The minimum atomic E-state index is -0.242. The Morgan fingerprint density at radius 2 is 2.23 bits per heavy atom. The number of hydroxylamine groups is 1. The van der Waals surface area contributed by atoms with Crippen molar-refractivity contribution >= 4 is 11.6 Å². The Morgan fingerprint density at radius 3 is 2.85 bits per heavy atom. The first kappa shape index (κ1) is 10.4. The van der Waals surface area contributed by atoms with Crippen molar-refractivity contribution in [3.05, 3.63) is 34.1 Å². The molecule has 0 aromatic heterocycles. The van der Waals surface area contributed by atoms with Gasteiger partial charge in [-0.25, -0.2) is 4.39 Å². The molecule has 1 aromatic carbocycles. The zero-order valence-electron chi connectivity index (χ0n) is 7.53. The normalized spacial score (nSPS) is 10.5. The summed E-state index contributed by atoms with van der Waals surface area (Å²) in [7, 11) is 1.48. The fourth-order valence-corrected chi connectivity index (χ4v) is 1.37. The maximum Gasteiger partial charge on any atom is 0.130 e. The van der Waals surface area contributed by atoms with Crippen molar-refractivity contribution in [1.82, 2.24) is 5.48 Å². The van der Waals surface area contributed by atoms with E-state index in [0.717, 1.165) is 0 Å². The van der Waals surface area contributed by atoms with Crippen molar-refractivity contribution in [2.24, 2.45) is 0 Å². The molecule has 2 nitrogen and oxygen atoms in total. The first-order valence-corrected chi connectivity index (χ1v) is 4.23. The molecule has 0 aliphatic heterocycles. The van der Waals surface area contributed by atoms with Gasteiger partial charge in [0, 0.05) is 17.1 Å². The third-order valence-corrected chi connectivity index (χ3v) is 1.92. The number of aryl methyl sites for hydroxylation is 1. The zero-order chi connectivity index (χ0) is 9.84. The molecule has 0 radical (unpaired) electrons. The summed E-state index contributed by atoms with van der Waals surface area (Å²) in [5.74, 6) is -0.242. The van der Waals surface area contributed by atoms with Crippen LogP contribution in [0, 0.1) is 12.7 Å². The van der Waals surface area contributed by atoms with Crippen LogP contribution in [0.25, 0.3) is 0 Å². The third kappa shape index (κ3) is 2.66. The van der Waals surface area contributed by atoms with Crippen LogP contribution < -0.4 is 5.48 Å². The van der Waals surface area contributed by atoms with E-state index in [-0.39, 0.29) is 5.82 Å². The van der Waals surface area contributed by atoms with Crippen molar-refractivity contribution in [2.75, 3.05) is 7.11 Å². The van der Waals surface area contributed by atoms with Gasteiger partial charge in [0.25, 0.3) is 0 Å². The van der Waals surface area contributed by atoms with Gasteiger partial charge in [0.05, 0.1) is 7.11 Å². The molecule has 0 fully saturated rings. The van der Waals surface area contributed by atoms with Crippen LogP contribution in [0.4, 0.5) is 4.39 Å². The fraction of sp³-hybridized carbons (Fsp3) is 0.333. The Bertz CT molecular complexity index is 304. The van der Waals surface area contributed by atoms with Gasteiger partial charge in [-0.05, 0) is 24.6 Å². The van der Waals surface area contributed by atoms with E-state index in [1.165, 1.54) is 7.11 Å². The summed E-state index contributed by atoms with van der Waals surface area (Å²) in [5, 5.41) is 0.534. The predicted molar refractivity (Wildman–Crippen MR) is 50.0 cm³/mol. The number of nitrogens with one attached hydrogen (secondary N) is 1. The SMILES string of the molecule is CONCc1cc(Cl)cc(C)c1F. The molecule has 0 atom stereocenters. The number of benzene rings is 1. The van der Waals surface area contributed by atoms with Crippen LogP contribution in [0.15, 0.2) is 12.1 Å². The van der Waals surface area contributed by atoms with Crippen LogP contribution in [0.2, 0.25) is 5.02 Å². The van der Waals surface area contributed by atoms with Gasteiger partial charge in [-0.2, -0.15) is 5.48 Å². The standard InChI is InChI=1S/C9H11ClFNO/c1-6-3-8(10)4-7(9(6)11)5-12-13-2/h3-4,12H,5H2,1-2H3. The molecule has 1 rings (SSSR count). The quantitative estimate of drug-likeness (QED) is 0.762. The molecule has 0 aliphatic rings. The van der Waals surface area contributed by atoms with E-state index in [1.54, 1.807) is 19.1 Å². The Morgan fingerprint density at radius 1 is 1.54 bits per heavy atom. The van der Waals surface area contributed by atoms with Gasteiger partial charge >= 0.3 is 0 Å². The minimum Gasteiger partial charge on any atom is -0.305 e. The highest BCUT2D eigenvalue weighted by molar-refractivity contribution is 6.30. The van der Waals surface area contributed by atoms with Crippen molar-refractivity contribution in [3.63, 3.8) is 0 Å². The Labute approximate surface area is 81.6 Å². The molecule has 0 unspecified atom stereocenters. The summed E-state index contributed by atoms with van der Waals surface area (Å²) in [6.45, 7) is 1.99. The minimum absolute atomic E-state index is 0.242. The largest absolute Gasteiger partial charge is 0.305 e. The number of hydrogen-bond acceptors (Lipinski definition) is 2. The molecule has 72 valence electrons. The van der Waals surface area contributed by atoms with Gasteiger partial charge in [-0.3, -0.25) is 0 Å². The summed E-state index contributed by atoms with van der Waals surface area (Å²) in [4.78, 5) is 4.62. The van der Waals surface area contributed by atoms with Crippen LogP contribution in [0.1, 0.15) is 11.1 Å². The lowest BCUT2D eigenvalue weighted by molar-refractivity contribution is 0.0859. The van der Waals surface area contributed by atoms with Gasteiger partial charge in [0.2, 0.25) is 0 Å². The second-order valence-corrected chi connectivity index (χ2v) is 3.16. The van der Waals surface area contributed by atoms with E-state index in [1.807, 2.05) is 0 Å². The van der Waals surface area contributed by atoms with Crippen molar-refractivity contribution in [1.29, 1.82) is 0 Å². The molecule has 0 bridgehead atoms. The Kier molecular flexibility index (Phi) is 3.66. The highest BCUT2D eigenvalue weighted by Gasteiger charge is 2.06. The molecule has 4 heteroatoms. The van der Waals surface area contributed by atoms with Crippen LogP contribution in [0.5, 0.6) is 0 Å². The first-order chi connectivity index (χ1) is 6.15. The monoisotopic (exact) mass is 203 g/mol. The lowest BCUT2D eigenvalue weighted by Crippen LogP contribution is -2.12. The average Bonchev–Trinajstić information content (AvgIpc) is 2.09. The molecule has 0 spiro atoms. The summed E-state index contributed by atoms with van der Waals surface area (Å²) in [6.07, 6.45) is 0. The van der Waals surface area contributed by atoms with Crippen LogP contribution in [0.3, 0.4) is 0 Å². The van der Waals surface area contributed by atoms with Gasteiger partial charge in [-0.15, -0.1) is 0 Å². The second-order valence-electron chi connectivity index (χ2n) is 2.72. The van der Waals surface area contributed by atoms with E-state index < -0.39 is 0 Å². The topological polar surface area (TPSA) is 21.3 Å². The van der Waals surface area contributed by atoms with Crippen molar-refractivity contribution in [2.45, 2.75) is 13.5 Å². The highest BCUT2D eigenvalue weighted by Crippen LogP contribution is 2.18. The summed E-state index contributed by atoms with van der Waals surface area (Å²) < 4.78 is 13.4. The summed E-state index contributed by atoms with van der Waals surface area (Å²) >= 11 is 5.77. The van der Waals surface area contributed by atoms with Crippen LogP contribution in [-0.4, -0.2) is 7.11 Å². The molecule has 0 saturated heterocycles. The van der Waals surface area contributed by atoms with E-state index in [0.29, 0.717) is 22.7 Å². The Balaban J connectivity index is 2.92. The highest BCUT2D eigenvalue weighted by atomic mass is 35.5. The molecule has 13 heavy (non-hydrogen) atoms. The number of hydrogen-bond donors (Lipinski definition) is 1. The molecule has 0 amide bonds. The number of rotatable bonds is 3. The van der Waals surface area contributed by atoms with E-state index in [2.05, 4.69) is 10.3 Å². The molecular formula is C9H11ClFNO. The maximum absolute atomic E-state index is 13.4. The summed E-state index contributed by atoms with van der Waals surface area (Å²) in [5.41, 5.74) is 3.61. The van der Waals surface area contributed by atoms with E-state index in [9.17, 15) is 4.39 Å². The van der Waals surface area contributed by atoms with Crippen molar-refractivity contribution in [3.8, 4) is 0 Å².